The quantitative estimate of drug-likeness (QED) is 0.665. The van der Waals surface area contributed by atoms with E-state index < -0.39 is 0 Å². The van der Waals surface area contributed by atoms with Crippen molar-refractivity contribution in [1.82, 2.24) is 0 Å². The van der Waals surface area contributed by atoms with Crippen molar-refractivity contribution in [3.8, 4) is 11.5 Å². The summed E-state index contributed by atoms with van der Waals surface area (Å²) in [6.07, 6.45) is 5.68. The van der Waals surface area contributed by atoms with E-state index in [-0.39, 0.29) is 22.7 Å². The van der Waals surface area contributed by atoms with Crippen LogP contribution in [0.25, 0.3) is 12.2 Å². The third-order valence-electron chi connectivity index (χ3n) is 4.98. The van der Waals surface area contributed by atoms with Crippen molar-refractivity contribution in [2.45, 2.75) is 6.92 Å². The lowest BCUT2D eigenvalue weighted by Crippen LogP contribution is -2.24. The van der Waals surface area contributed by atoms with Gasteiger partial charge in [-0.2, -0.15) is 0 Å². The van der Waals surface area contributed by atoms with E-state index in [2.05, 4.69) is 17.9 Å². The van der Waals surface area contributed by atoms with E-state index in [1.165, 1.54) is 0 Å². The molecule has 27 heavy (non-hydrogen) atoms. The molecule has 0 aliphatic carbocycles. The summed E-state index contributed by atoms with van der Waals surface area (Å²) in [5.41, 5.74) is 4.35. The van der Waals surface area contributed by atoms with E-state index in [0.717, 1.165) is 29.2 Å². The highest BCUT2D eigenvalue weighted by atomic mass is 16.3. The molecule has 0 spiro atoms. The summed E-state index contributed by atoms with van der Waals surface area (Å²) in [6.45, 7) is 2.81. The van der Waals surface area contributed by atoms with Gasteiger partial charge in [-0.05, 0) is 30.7 Å². The molecule has 0 bridgehead atoms. The number of anilines is 3. The van der Waals surface area contributed by atoms with Crippen LogP contribution in [0.3, 0.4) is 0 Å². The van der Waals surface area contributed by atoms with Gasteiger partial charge < -0.3 is 15.1 Å². The normalized spacial score (nSPS) is 14.6. The summed E-state index contributed by atoms with van der Waals surface area (Å²) < 4.78 is 0. The molecule has 1 aliphatic heterocycles. The first-order valence-electron chi connectivity index (χ1n) is 9.00. The Hall–Kier alpha value is -3.40. The maximum atomic E-state index is 12.7. The third kappa shape index (κ3) is 2.79. The summed E-state index contributed by atoms with van der Waals surface area (Å²) in [6, 6.07) is 17.5. The zero-order chi connectivity index (χ0) is 19.0. The molecule has 0 radical (unpaired) electrons. The van der Waals surface area contributed by atoms with Crippen molar-refractivity contribution < 1.29 is 10.2 Å². The summed E-state index contributed by atoms with van der Waals surface area (Å²) in [5.74, 6) is -0.413. The summed E-state index contributed by atoms with van der Waals surface area (Å²) in [5, 5.41) is 25.4. The number of para-hydroxylation sites is 2. The Morgan fingerprint density at radius 1 is 1.04 bits per heavy atom. The van der Waals surface area contributed by atoms with Gasteiger partial charge in [-0.25, -0.2) is 0 Å². The lowest BCUT2D eigenvalue weighted by atomic mass is 9.99. The number of hydrogen-bond donors (Lipinski definition) is 0. The zero-order valence-electron chi connectivity index (χ0n) is 15.3. The van der Waals surface area contributed by atoms with Crippen LogP contribution in [0.1, 0.15) is 18.1 Å². The summed E-state index contributed by atoms with van der Waals surface area (Å²) in [4.78, 5) is 3.78. The molecule has 4 nitrogen and oxygen atoms in total. The van der Waals surface area contributed by atoms with Gasteiger partial charge in [0, 0.05) is 31.4 Å². The first-order valence-corrected chi connectivity index (χ1v) is 9.00. The molecule has 4 heteroatoms. The van der Waals surface area contributed by atoms with Crippen LogP contribution in [0.4, 0.5) is 17.1 Å². The van der Waals surface area contributed by atoms with E-state index in [1.54, 1.807) is 18.0 Å². The predicted octanol–water partition coefficient (Wildman–Crippen LogP) is 3.93. The highest BCUT2D eigenvalue weighted by Crippen LogP contribution is 2.49. The topological polar surface area (TPSA) is 52.6 Å². The number of hydrogen-bond acceptors (Lipinski definition) is 4. The monoisotopic (exact) mass is 356 g/mol. The molecule has 0 saturated heterocycles. The van der Waals surface area contributed by atoms with E-state index in [4.69, 9.17) is 0 Å². The first kappa shape index (κ1) is 17.0. The van der Waals surface area contributed by atoms with Crippen LogP contribution in [0.5, 0.6) is 11.5 Å². The standard InChI is InChI=1S/C23H20N2O2/c1-3-25-18(14-13-16-9-7-8-12-20(16)25)15-19-22(26)21(23(19)27)24(2)17-10-5-4-6-11-17/h4-15H,3H2,1-2H3. The molecule has 0 aromatic heterocycles. The molecular formula is C23H20N2O2. The number of nitrogens with zero attached hydrogens (tertiary/aromatic N) is 2. The maximum absolute atomic E-state index is 12.7. The van der Waals surface area contributed by atoms with Crippen LogP contribution in [0.2, 0.25) is 0 Å². The number of fused-ring (bicyclic) bond motifs is 1. The van der Waals surface area contributed by atoms with Crippen LogP contribution in [0, 0.1) is 0 Å². The first-order chi connectivity index (χ1) is 13.1. The number of likely N-dealkylation sites (N-methyl/N-ethyl adjacent to an activating group) is 1. The summed E-state index contributed by atoms with van der Waals surface area (Å²) in [7, 11) is 1.75. The second-order valence-corrected chi connectivity index (χ2v) is 6.52. The molecular weight excluding hydrogens is 336 g/mol. The highest BCUT2D eigenvalue weighted by Gasteiger charge is 2.30. The van der Waals surface area contributed by atoms with E-state index >= 15 is 0 Å². The molecule has 0 saturated carbocycles. The van der Waals surface area contributed by atoms with Gasteiger partial charge in [-0.3, -0.25) is 4.90 Å². The number of benzene rings is 2. The Bertz CT molecular complexity index is 990. The minimum Gasteiger partial charge on any atom is -0.811 e. The van der Waals surface area contributed by atoms with Crippen molar-refractivity contribution in [1.29, 1.82) is 0 Å². The van der Waals surface area contributed by atoms with Gasteiger partial charge in [0.2, 0.25) is 5.69 Å². The molecule has 4 rings (SSSR count). The molecule has 1 heterocycles. The lowest BCUT2D eigenvalue weighted by Gasteiger charge is -2.29. The zero-order valence-corrected chi connectivity index (χ0v) is 15.3. The van der Waals surface area contributed by atoms with Gasteiger partial charge in [-0.1, -0.05) is 36.4 Å². The highest BCUT2D eigenvalue weighted by molar-refractivity contribution is 5.91. The molecule has 0 fully saturated rings. The molecule has 3 aromatic carbocycles. The molecule has 0 atom stereocenters. The Kier molecular flexibility index (Phi) is 4.24. The van der Waals surface area contributed by atoms with Crippen molar-refractivity contribution in [2.75, 3.05) is 23.4 Å². The minimum atomic E-state index is -0.206. The van der Waals surface area contributed by atoms with Gasteiger partial charge in [-0.15, -0.1) is 0 Å². The van der Waals surface area contributed by atoms with E-state index in [0.29, 0.717) is 0 Å². The Balaban J connectivity index is 1.68. The second-order valence-electron chi connectivity index (χ2n) is 6.52. The van der Waals surface area contributed by atoms with Crippen LogP contribution >= 0.6 is 0 Å². The molecule has 134 valence electrons. The molecule has 0 N–H and O–H groups in total. The smallest absolute Gasteiger partial charge is 0.207 e. The maximum Gasteiger partial charge on any atom is 0.207 e. The van der Waals surface area contributed by atoms with Crippen LogP contribution in [0.15, 0.2) is 66.4 Å². The van der Waals surface area contributed by atoms with Crippen molar-refractivity contribution in [2.24, 2.45) is 0 Å². The van der Waals surface area contributed by atoms with E-state index in [1.807, 2.05) is 60.7 Å². The van der Waals surface area contributed by atoms with Gasteiger partial charge in [0.25, 0.3) is 0 Å². The van der Waals surface area contributed by atoms with Crippen LogP contribution in [-0.4, -0.2) is 13.6 Å². The second kappa shape index (κ2) is 6.72. The van der Waals surface area contributed by atoms with Crippen molar-refractivity contribution >= 4 is 29.2 Å². The molecule has 0 unspecified atom stereocenters. The number of rotatable bonds is 4. The Morgan fingerprint density at radius 2 is 1.74 bits per heavy atom. The molecule has 1 aliphatic rings. The fraction of sp³-hybridized carbons (Fsp3) is 0.130. The van der Waals surface area contributed by atoms with Crippen LogP contribution in [-0.2, 0) is 0 Å². The average Bonchev–Trinajstić information content (AvgIpc) is 2.72. The Labute approximate surface area is 159 Å². The van der Waals surface area contributed by atoms with Crippen molar-refractivity contribution in [3.63, 3.8) is 0 Å². The van der Waals surface area contributed by atoms with Gasteiger partial charge in [0.1, 0.15) is 17.2 Å². The Morgan fingerprint density at radius 3 is 2.44 bits per heavy atom. The average molecular weight is 356 g/mol. The molecule has 3 aromatic rings. The van der Waals surface area contributed by atoms with Crippen molar-refractivity contribution in [3.05, 3.63) is 77.5 Å². The minimum absolute atomic E-state index is 0.206. The summed E-state index contributed by atoms with van der Waals surface area (Å²) >= 11 is 0. The van der Waals surface area contributed by atoms with E-state index in [9.17, 15) is 10.2 Å². The predicted molar refractivity (Wildman–Crippen MR) is 107 cm³/mol. The molecule has 0 amide bonds. The third-order valence-corrected chi connectivity index (χ3v) is 4.98. The van der Waals surface area contributed by atoms with Crippen LogP contribution < -0.4 is 20.0 Å². The fourth-order valence-electron chi connectivity index (χ4n) is 3.52. The van der Waals surface area contributed by atoms with Gasteiger partial charge in [0.05, 0.1) is 11.8 Å². The number of allylic oxidation sites excluding steroid dienone is 1. The fourth-order valence-corrected chi connectivity index (χ4v) is 3.52. The van der Waals surface area contributed by atoms with Gasteiger partial charge in [0.15, 0.2) is 5.56 Å². The lowest BCUT2D eigenvalue weighted by molar-refractivity contribution is -0.290. The largest absolute Gasteiger partial charge is 0.811 e. The SMILES string of the molecule is CCN1C(=Cc2c([O-])[c+](N(C)c3ccccc3)[c+]2[O-])C=Cc2ccccc21. The van der Waals surface area contributed by atoms with Gasteiger partial charge >= 0.3 is 0 Å².